The summed E-state index contributed by atoms with van der Waals surface area (Å²) in [5.41, 5.74) is 0. The van der Waals surface area contributed by atoms with Gasteiger partial charge < -0.3 is 4.89 Å². The van der Waals surface area contributed by atoms with E-state index < -0.39 is 13.3 Å². The largest absolute Gasteiger partial charge is 0.590 e. The van der Waals surface area contributed by atoms with Crippen LogP contribution in [0.4, 0.5) is 0 Å². The van der Waals surface area contributed by atoms with Crippen molar-refractivity contribution in [2.75, 3.05) is 21.1 Å². The van der Waals surface area contributed by atoms with Crippen molar-refractivity contribution in [3.63, 3.8) is 0 Å². The number of hydrogen-bond acceptors (Lipinski definition) is 2. The molecular formula is C22H45NO2P+. The van der Waals surface area contributed by atoms with Crippen LogP contribution in [-0.2, 0) is 4.57 Å². The molecule has 0 aromatic rings. The van der Waals surface area contributed by atoms with Crippen molar-refractivity contribution < 1.29 is 13.9 Å². The Morgan fingerprint density at radius 2 is 1.27 bits per heavy atom. The van der Waals surface area contributed by atoms with Crippen LogP contribution in [0.15, 0.2) is 12.2 Å². The lowest BCUT2D eigenvalue weighted by molar-refractivity contribution is -0.910. The Morgan fingerprint density at radius 3 is 1.69 bits per heavy atom. The first-order chi connectivity index (χ1) is 12.3. The highest BCUT2D eigenvalue weighted by Gasteiger charge is 2.52. The summed E-state index contributed by atoms with van der Waals surface area (Å²) in [6.45, 7) is 4.26. The maximum atomic E-state index is 11.9. The van der Waals surface area contributed by atoms with Crippen molar-refractivity contribution in [1.82, 2.24) is 0 Å². The van der Waals surface area contributed by atoms with E-state index in [1.54, 1.807) is 0 Å². The third-order valence-electron chi connectivity index (χ3n) is 5.74. The molecule has 0 heterocycles. The third-order valence-corrected chi connectivity index (χ3v) is 7.56. The minimum absolute atomic E-state index is 0.497. The maximum absolute atomic E-state index is 11.9. The van der Waals surface area contributed by atoms with Gasteiger partial charge in [-0.05, 0) is 32.1 Å². The Hall–Kier alpha value is -0.240. The van der Waals surface area contributed by atoms with Gasteiger partial charge in [-0.15, -0.1) is 0 Å². The molecule has 0 saturated heterocycles. The molecule has 0 aliphatic heterocycles. The fourth-order valence-corrected chi connectivity index (χ4v) is 4.84. The second-order valence-electron chi connectivity index (χ2n) is 8.59. The summed E-state index contributed by atoms with van der Waals surface area (Å²) in [5.74, 6) is 0. The molecule has 0 spiro atoms. The van der Waals surface area contributed by atoms with Gasteiger partial charge in [-0.1, -0.05) is 75.5 Å². The van der Waals surface area contributed by atoms with Gasteiger partial charge in [-0.25, -0.2) is 0 Å². The van der Waals surface area contributed by atoms with Gasteiger partial charge in [0.05, 0.1) is 21.1 Å². The highest BCUT2D eigenvalue weighted by molar-refractivity contribution is 7.38. The van der Waals surface area contributed by atoms with E-state index in [-0.39, 0.29) is 0 Å². The molecule has 0 N–H and O–H groups in total. The van der Waals surface area contributed by atoms with Gasteiger partial charge in [-0.2, -0.15) is 0 Å². The quantitative estimate of drug-likeness (QED) is 0.123. The summed E-state index contributed by atoms with van der Waals surface area (Å²) < 4.78 is 12.4. The molecule has 0 aromatic carbocycles. The zero-order valence-corrected chi connectivity index (χ0v) is 19.2. The average molecular weight is 387 g/mol. The van der Waals surface area contributed by atoms with E-state index in [0.29, 0.717) is 10.9 Å². The van der Waals surface area contributed by atoms with Crippen molar-refractivity contribution in [1.29, 1.82) is 0 Å². The lowest BCUT2D eigenvalue weighted by Gasteiger charge is -2.39. The molecule has 0 amide bonds. The summed E-state index contributed by atoms with van der Waals surface area (Å²) in [4.78, 5) is 11.9. The van der Waals surface area contributed by atoms with Crippen LogP contribution < -0.4 is 4.89 Å². The SMILES string of the molecule is CCCCCCCCCC/C=C\CCCCC(CC)([P+](=O)[O-])[N+](C)(C)C. The Bertz CT molecular complexity index is 390. The van der Waals surface area contributed by atoms with E-state index in [1.165, 1.54) is 57.8 Å². The first-order valence-electron chi connectivity index (χ1n) is 10.9. The van der Waals surface area contributed by atoms with E-state index >= 15 is 0 Å². The fourth-order valence-electron chi connectivity index (χ4n) is 3.75. The van der Waals surface area contributed by atoms with Crippen LogP contribution in [0.3, 0.4) is 0 Å². The molecule has 26 heavy (non-hydrogen) atoms. The summed E-state index contributed by atoms with van der Waals surface area (Å²) >= 11 is 0. The maximum Gasteiger partial charge on any atom is 0.376 e. The molecular weight excluding hydrogens is 341 g/mol. The van der Waals surface area contributed by atoms with Crippen LogP contribution in [0.2, 0.25) is 0 Å². The first-order valence-corrected chi connectivity index (χ1v) is 12.1. The van der Waals surface area contributed by atoms with Gasteiger partial charge in [0.15, 0.2) is 0 Å². The van der Waals surface area contributed by atoms with Crippen molar-refractivity contribution in [2.24, 2.45) is 0 Å². The molecule has 0 radical (unpaired) electrons. The van der Waals surface area contributed by atoms with Gasteiger partial charge in [0.2, 0.25) is 0 Å². The summed E-state index contributed by atoms with van der Waals surface area (Å²) in [6, 6.07) is 0. The molecule has 0 aliphatic rings. The van der Waals surface area contributed by atoms with Crippen LogP contribution in [-0.4, -0.2) is 30.9 Å². The molecule has 2 unspecified atom stereocenters. The number of allylic oxidation sites excluding steroid dienone is 2. The van der Waals surface area contributed by atoms with Gasteiger partial charge in [0, 0.05) is 12.8 Å². The number of nitrogens with zero attached hydrogens (tertiary/aromatic N) is 1. The summed E-state index contributed by atoms with van der Waals surface area (Å²) in [6.07, 6.45) is 21.4. The molecule has 0 aliphatic carbocycles. The topological polar surface area (TPSA) is 40.1 Å². The zero-order valence-electron chi connectivity index (χ0n) is 18.3. The number of hydrogen-bond donors (Lipinski definition) is 0. The minimum atomic E-state index is -2.42. The highest BCUT2D eigenvalue weighted by Crippen LogP contribution is 2.44. The van der Waals surface area contributed by atoms with Crippen LogP contribution >= 0.6 is 8.03 Å². The lowest BCUT2D eigenvalue weighted by atomic mass is 10.0. The van der Waals surface area contributed by atoms with Crippen LogP contribution in [0, 0.1) is 0 Å². The van der Waals surface area contributed by atoms with Crippen molar-refractivity contribution in [2.45, 2.75) is 109 Å². The second-order valence-corrected chi connectivity index (χ2v) is 9.93. The van der Waals surface area contributed by atoms with Gasteiger partial charge >= 0.3 is 8.03 Å². The third kappa shape index (κ3) is 10.2. The molecule has 0 aromatic heterocycles. The number of quaternary nitrogens is 1. The van der Waals surface area contributed by atoms with Gasteiger partial charge in [0.1, 0.15) is 0 Å². The van der Waals surface area contributed by atoms with Crippen molar-refractivity contribution in [3.05, 3.63) is 12.2 Å². The molecule has 3 nitrogen and oxygen atoms in total. The molecule has 4 heteroatoms. The monoisotopic (exact) mass is 386 g/mol. The normalized spacial score (nSPS) is 15.4. The first kappa shape index (κ1) is 25.8. The van der Waals surface area contributed by atoms with E-state index in [0.717, 1.165) is 25.7 Å². The molecule has 154 valence electrons. The zero-order chi connectivity index (χ0) is 19.9. The molecule has 0 fully saturated rings. The molecule has 2 atom stereocenters. The van der Waals surface area contributed by atoms with E-state index in [1.807, 2.05) is 28.1 Å². The fraction of sp³-hybridized carbons (Fsp3) is 0.909. The standard InChI is InChI=1S/C22H45NO2P/c1-6-8-9-10-11-12-13-14-15-16-17-18-19-20-21-22(7-2,26(24)25)23(3,4)5/h16-17H,6-15,18-21H2,1-5H3/q+1/b17-16-. The smallest absolute Gasteiger partial charge is 0.376 e. The van der Waals surface area contributed by atoms with Crippen LogP contribution in [0.1, 0.15) is 104 Å². The number of unbranched alkanes of at least 4 members (excludes halogenated alkanes) is 10. The Balaban J connectivity index is 3.79. The Kier molecular flexibility index (Phi) is 14.6. The van der Waals surface area contributed by atoms with Crippen molar-refractivity contribution in [3.8, 4) is 0 Å². The van der Waals surface area contributed by atoms with E-state index in [4.69, 9.17) is 0 Å². The van der Waals surface area contributed by atoms with Gasteiger partial charge in [0.25, 0.3) is 5.28 Å². The summed E-state index contributed by atoms with van der Waals surface area (Å²) in [7, 11) is 3.57. The second kappa shape index (κ2) is 14.8. The minimum Gasteiger partial charge on any atom is -0.590 e. The lowest BCUT2D eigenvalue weighted by Crippen LogP contribution is -2.55. The summed E-state index contributed by atoms with van der Waals surface area (Å²) in [5, 5.41) is -0.615. The molecule has 0 saturated carbocycles. The van der Waals surface area contributed by atoms with Gasteiger partial charge in [-0.3, -0.25) is 4.48 Å². The highest BCUT2D eigenvalue weighted by atomic mass is 31.1. The van der Waals surface area contributed by atoms with Crippen LogP contribution in [0.5, 0.6) is 0 Å². The number of rotatable bonds is 17. The molecule has 0 bridgehead atoms. The van der Waals surface area contributed by atoms with Crippen LogP contribution in [0.25, 0.3) is 0 Å². The Morgan fingerprint density at radius 1 is 0.808 bits per heavy atom. The predicted molar refractivity (Wildman–Crippen MR) is 113 cm³/mol. The Labute approximate surface area is 164 Å². The molecule has 0 rings (SSSR count). The van der Waals surface area contributed by atoms with E-state index in [9.17, 15) is 9.46 Å². The average Bonchev–Trinajstić information content (AvgIpc) is 2.57. The predicted octanol–water partition coefficient (Wildman–Crippen LogP) is 6.55. The van der Waals surface area contributed by atoms with Crippen molar-refractivity contribution >= 4 is 8.03 Å². The van der Waals surface area contributed by atoms with E-state index in [2.05, 4.69) is 19.1 Å².